The summed E-state index contributed by atoms with van der Waals surface area (Å²) in [7, 11) is 0. The third-order valence-corrected chi connectivity index (χ3v) is 9.12. The van der Waals surface area contributed by atoms with E-state index in [4.69, 9.17) is 0 Å². The molecule has 0 aromatic carbocycles. The highest BCUT2D eigenvalue weighted by Gasteiger charge is 2.59. The number of hydrogen-bond acceptors (Lipinski definition) is 1. The summed E-state index contributed by atoms with van der Waals surface area (Å²) in [6.45, 7) is 10.1. The van der Waals surface area contributed by atoms with Crippen molar-refractivity contribution in [3.63, 3.8) is 0 Å². The topological polar surface area (TPSA) is 20.2 Å². The van der Waals surface area contributed by atoms with Gasteiger partial charge < -0.3 is 5.11 Å². The highest BCUT2D eigenvalue weighted by Crippen LogP contribution is 2.67. The van der Waals surface area contributed by atoms with Crippen LogP contribution in [0.4, 0.5) is 0 Å². The molecule has 0 aliphatic heterocycles. The normalized spacial score (nSPS) is 55.6. The number of allylic oxidation sites excluding steroid dienone is 1. The molecule has 4 aliphatic rings. The number of hydrogen-bond donors (Lipinski definition) is 1. The van der Waals surface area contributed by atoms with E-state index in [-0.39, 0.29) is 6.10 Å². The molecular formula is C22H36O. The standard InChI is InChI=1S/C22H36O/c1-5-18-14(2)12-20-17-7-6-15-13-16(23)8-10-21(15,3)19(17)9-11-22(18,20)4/h6,14,16-20,23H,5,7-13H2,1-4H3. The lowest BCUT2D eigenvalue weighted by atomic mass is 9.47. The first-order valence-corrected chi connectivity index (χ1v) is 10.3. The third-order valence-electron chi connectivity index (χ3n) is 9.12. The van der Waals surface area contributed by atoms with E-state index in [2.05, 4.69) is 33.8 Å². The fourth-order valence-corrected chi connectivity index (χ4v) is 7.98. The first-order chi connectivity index (χ1) is 10.9. The maximum atomic E-state index is 10.1. The first kappa shape index (κ1) is 16.2. The van der Waals surface area contributed by atoms with Crippen molar-refractivity contribution in [1.29, 1.82) is 0 Å². The van der Waals surface area contributed by atoms with Gasteiger partial charge in [0.05, 0.1) is 6.10 Å². The van der Waals surface area contributed by atoms with Crippen LogP contribution in [-0.4, -0.2) is 11.2 Å². The molecule has 23 heavy (non-hydrogen) atoms. The van der Waals surface area contributed by atoms with Crippen LogP contribution in [0.1, 0.15) is 79.1 Å². The average Bonchev–Trinajstić information content (AvgIpc) is 2.77. The zero-order valence-electron chi connectivity index (χ0n) is 15.6. The van der Waals surface area contributed by atoms with E-state index >= 15 is 0 Å². The Bertz CT molecular complexity index is 508. The molecule has 130 valence electrons. The summed E-state index contributed by atoms with van der Waals surface area (Å²) < 4.78 is 0. The van der Waals surface area contributed by atoms with Gasteiger partial charge in [0.25, 0.3) is 0 Å². The lowest BCUT2D eigenvalue weighted by molar-refractivity contribution is -0.0506. The van der Waals surface area contributed by atoms with Crippen molar-refractivity contribution in [1.82, 2.24) is 0 Å². The molecule has 0 amide bonds. The maximum absolute atomic E-state index is 10.1. The largest absolute Gasteiger partial charge is 0.393 e. The number of rotatable bonds is 1. The molecule has 1 N–H and O–H groups in total. The molecule has 4 rings (SSSR count). The van der Waals surface area contributed by atoms with Crippen LogP contribution in [0.5, 0.6) is 0 Å². The molecule has 3 saturated carbocycles. The molecule has 0 aromatic heterocycles. The molecule has 0 aromatic rings. The molecule has 0 radical (unpaired) electrons. The molecule has 0 saturated heterocycles. The lowest BCUT2D eigenvalue weighted by Crippen LogP contribution is -2.50. The summed E-state index contributed by atoms with van der Waals surface area (Å²) >= 11 is 0. The average molecular weight is 317 g/mol. The van der Waals surface area contributed by atoms with Gasteiger partial charge in [-0.3, -0.25) is 0 Å². The quantitative estimate of drug-likeness (QED) is 0.626. The molecule has 0 spiro atoms. The van der Waals surface area contributed by atoms with Gasteiger partial charge in [-0.1, -0.05) is 45.8 Å². The number of aliphatic hydroxyl groups is 1. The summed E-state index contributed by atoms with van der Waals surface area (Å²) in [5, 5.41) is 10.1. The van der Waals surface area contributed by atoms with E-state index in [9.17, 15) is 5.11 Å². The van der Waals surface area contributed by atoms with Crippen molar-refractivity contribution in [2.45, 2.75) is 85.2 Å². The minimum atomic E-state index is -0.0734. The van der Waals surface area contributed by atoms with Crippen LogP contribution >= 0.6 is 0 Å². The van der Waals surface area contributed by atoms with E-state index in [0.29, 0.717) is 10.8 Å². The first-order valence-electron chi connectivity index (χ1n) is 10.3. The van der Waals surface area contributed by atoms with Crippen LogP contribution in [0.3, 0.4) is 0 Å². The van der Waals surface area contributed by atoms with Gasteiger partial charge in [0, 0.05) is 0 Å². The van der Waals surface area contributed by atoms with E-state index in [1.165, 1.54) is 38.5 Å². The Morgan fingerprint density at radius 1 is 1.17 bits per heavy atom. The van der Waals surface area contributed by atoms with Crippen LogP contribution < -0.4 is 0 Å². The maximum Gasteiger partial charge on any atom is 0.0577 e. The lowest BCUT2D eigenvalue weighted by Gasteiger charge is -2.58. The highest BCUT2D eigenvalue weighted by molar-refractivity contribution is 5.25. The minimum Gasteiger partial charge on any atom is -0.393 e. The zero-order chi connectivity index (χ0) is 16.4. The van der Waals surface area contributed by atoms with Crippen molar-refractivity contribution in [2.75, 3.05) is 0 Å². The van der Waals surface area contributed by atoms with Crippen LogP contribution in [0.2, 0.25) is 0 Å². The van der Waals surface area contributed by atoms with Crippen molar-refractivity contribution in [3.8, 4) is 0 Å². The number of aliphatic hydroxyl groups excluding tert-OH is 1. The van der Waals surface area contributed by atoms with Crippen molar-refractivity contribution < 1.29 is 5.11 Å². The predicted molar refractivity (Wildman–Crippen MR) is 96.0 cm³/mol. The smallest absolute Gasteiger partial charge is 0.0577 e. The summed E-state index contributed by atoms with van der Waals surface area (Å²) in [4.78, 5) is 0. The second-order valence-electron chi connectivity index (χ2n) is 9.93. The predicted octanol–water partition coefficient (Wildman–Crippen LogP) is 5.58. The summed E-state index contributed by atoms with van der Waals surface area (Å²) in [5.41, 5.74) is 2.61. The molecule has 4 aliphatic carbocycles. The van der Waals surface area contributed by atoms with Gasteiger partial charge >= 0.3 is 0 Å². The van der Waals surface area contributed by atoms with Gasteiger partial charge in [-0.15, -0.1) is 0 Å². The monoisotopic (exact) mass is 316 g/mol. The Morgan fingerprint density at radius 3 is 2.70 bits per heavy atom. The van der Waals surface area contributed by atoms with Crippen molar-refractivity contribution >= 4 is 0 Å². The van der Waals surface area contributed by atoms with Crippen molar-refractivity contribution in [2.24, 2.45) is 40.4 Å². The zero-order valence-corrected chi connectivity index (χ0v) is 15.6. The van der Waals surface area contributed by atoms with Gasteiger partial charge in [-0.2, -0.15) is 0 Å². The molecule has 0 bridgehead atoms. The second-order valence-corrected chi connectivity index (χ2v) is 9.93. The summed E-state index contributed by atoms with van der Waals surface area (Å²) in [6.07, 6.45) is 12.7. The Kier molecular flexibility index (Phi) is 3.76. The van der Waals surface area contributed by atoms with Crippen LogP contribution in [0.25, 0.3) is 0 Å². The third kappa shape index (κ3) is 2.14. The van der Waals surface area contributed by atoms with E-state index in [1.54, 1.807) is 5.57 Å². The summed E-state index contributed by atoms with van der Waals surface area (Å²) in [5.74, 6) is 4.61. The van der Waals surface area contributed by atoms with Crippen molar-refractivity contribution in [3.05, 3.63) is 11.6 Å². The molecule has 8 atom stereocenters. The SMILES string of the molecule is CCC1C(C)CC2C3CC=C4CC(O)CCC4(C)C3CCC12C. The van der Waals surface area contributed by atoms with Crippen LogP contribution in [0, 0.1) is 40.4 Å². The fourth-order valence-electron chi connectivity index (χ4n) is 7.98. The number of fused-ring (bicyclic) bond motifs is 5. The molecular weight excluding hydrogens is 280 g/mol. The summed E-state index contributed by atoms with van der Waals surface area (Å²) in [6, 6.07) is 0. The van der Waals surface area contributed by atoms with Gasteiger partial charge in [0.2, 0.25) is 0 Å². The Hall–Kier alpha value is -0.300. The molecule has 0 heterocycles. The Morgan fingerprint density at radius 2 is 1.96 bits per heavy atom. The fraction of sp³-hybridized carbons (Fsp3) is 0.909. The second kappa shape index (κ2) is 5.35. The van der Waals surface area contributed by atoms with E-state index < -0.39 is 0 Å². The highest BCUT2D eigenvalue weighted by atomic mass is 16.3. The molecule has 3 fully saturated rings. The van der Waals surface area contributed by atoms with E-state index in [1.807, 2.05) is 0 Å². The van der Waals surface area contributed by atoms with Gasteiger partial charge in [-0.25, -0.2) is 0 Å². The minimum absolute atomic E-state index is 0.0734. The molecule has 1 heteroatoms. The van der Waals surface area contributed by atoms with Crippen LogP contribution in [-0.2, 0) is 0 Å². The molecule has 8 unspecified atom stereocenters. The molecule has 1 nitrogen and oxygen atoms in total. The van der Waals surface area contributed by atoms with Gasteiger partial charge in [0.1, 0.15) is 0 Å². The van der Waals surface area contributed by atoms with Crippen LogP contribution in [0.15, 0.2) is 11.6 Å². The Balaban J connectivity index is 1.67. The van der Waals surface area contributed by atoms with Gasteiger partial charge in [0.15, 0.2) is 0 Å². The van der Waals surface area contributed by atoms with Gasteiger partial charge in [-0.05, 0) is 85.4 Å². The van der Waals surface area contributed by atoms with E-state index in [0.717, 1.165) is 42.4 Å². The Labute approximate surface area is 142 Å².